The number of non-ortho nitro benzene ring substituents is 1. The summed E-state index contributed by atoms with van der Waals surface area (Å²) < 4.78 is 0. The van der Waals surface area contributed by atoms with Crippen LogP contribution in [0.4, 0.5) is 11.4 Å². The zero-order valence-corrected chi connectivity index (χ0v) is 11.9. The quantitative estimate of drug-likeness (QED) is 0.282. The molecule has 0 aliphatic rings. The van der Waals surface area contributed by atoms with Crippen LogP contribution in [0, 0.1) is 20.2 Å². The van der Waals surface area contributed by atoms with Crippen molar-refractivity contribution < 1.29 is 24.9 Å². The topological polar surface area (TPSA) is 144 Å². The van der Waals surface area contributed by atoms with Gasteiger partial charge in [-0.15, -0.1) is 0 Å². The molecule has 0 radical (unpaired) electrons. The molecule has 2 rings (SSSR count). The molecular weight excluding hydrogens is 320 g/mol. The van der Waals surface area contributed by atoms with Crippen molar-refractivity contribution in [2.75, 3.05) is 0 Å². The molecule has 9 heteroatoms. The number of carbonyl (C=O) groups is 1. The largest absolute Gasteiger partial charge is 0.504 e. The Balaban J connectivity index is 2.25. The zero-order valence-electron chi connectivity index (χ0n) is 11.9. The predicted octanol–water partition coefficient (Wildman–Crippen LogP) is 2.81. The number of aromatic hydroxyl groups is 2. The molecule has 0 bridgehead atoms. The normalized spacial score (nSPS) is 10.7. The second kappa shape index (κ2) is 6.57. The van der Waals surface area contributed by atoms with Gasteiger partial charge in [0.05, 0.1) is 9.85 Å². The first-order valence-electron chi connectivity index (χ1n) is 6.47. The Morgan fingerprint density at radius 1 is 1.00 bits per heavy atom. The van der Waals surface area contributed by atoms with Gasteiger partial charge in [0.1, 0.15) is 0 Å². The molecule has 0 spiro atoms. The SMILES string of the molecule is O=C(C=Cc1cc(O)c(O)c([N+](=O)[O-])c1)c1ccc([N+](=O)[O-])cc1. The monoisotopic (exact) mass is 330 g/mol. The average Bonchev–Trinajstić information content (AvgIpc) is 2.55. The highest BCUT2D eigenvalue weighted by atomic mass is 16.6. The summed E-state index contributed by atoms with van der Waals surface area (Å²) in [6, 6.07) is 6.97. The van der Waals surface area contributed by atoms with Crippen LogP contribution in [0.2, 0.25) is 0 Å². The summed E-state index contributed by atoms with van der Waals surface area (Å²) in [5, 5.41) is 40.1. The van der Waals surface area contributed by atoms with Crippen molar-refractivity contribution in [3.05, 3.63) is 73.8 Å². The predicted molar refractivity (Wildman–Crippen MR) is 82.9 cm³/mol. The van der Waals surface area contributed by atoms with Crippen LogP contribution < -0.4 is 0 Å². The summed E-state index contributed by atoms with van der Waals surface area (Å²) in [6.45, 7) is 0. The third kappa shape index (κ3) is 3.53. The smallest absolute Gasteiger partial charge is 0.315 e. The Kier molecular flexibility index (Phi) is 4.55. The van der Waals surface area contributed by atoms with E-state index in [0.717, 1.165) is 18.2 Å². The van der Waals surface area contributed by atoms with Crippen LogP contribution in [0.25, 0.3) is 6.08 Å². The van der Waals surface area contributed by atoms with E-state index >= 15 is 0 Å². The molecule has 0 aliphatic heterocycles. The molecule has 0 aromatic heterocycles. The van der Waals surface area contributed by atoms with Crippen molar-refractivity contribution in [2.24, 2.45) is 0 Å². The van der Waals surface area contributed by atoms with E-state index in [2.05, 4.69) is 0 Å². The number of hydrogen-bond acceptors (Lipinski definition) is 7. The number of hydrogen-bond donors (Lipinski definition) is 2. The van der Waals surface area contributed by atoms with E-state index in [9.17, 15) is 35.2 Å². The molecule has 0 saturated heterocycles. The third-order valence-corrected chi connectivity index (χ3v) is 3.08. The van der Waals surface area contributed by atoms with E-state index in [1.54, 1.807) is 0 Å². The van der Waals surface area contributed by atoms with E-state index in [1.165, 1.54) is 30.3 Å². The molecule has 0 unspecified atom stereocenters. The first-order valence-corrected chi connectivity index (χ1v) is 6.47. The van der Waals surface area contributed by atoms with E-state index in [-0.39, 0.29) is 16.8 Å². The Morgan fingerprint density at radius 3 is 2.17 bits per heavy atom. The molecule has 2 aromatic rings. The van der Waals surface area contributed by atoms with E-state index in [1.807, 2.05) is 0 Å². The average molecular weight is 330 g/mol. The number of nitro groups is 2. The maximum absolute atomic E-state index is 12.0. The molecule has 0 fully saturated rings. The molecule has 122 valence electrons. The summed E-state index contributed by atoms with van der Waals surface area (Å²) in [7, 11) is 0. The molecule has 0 heterocycles. The first-order chi connectivity index (χ1) is 11.3. The molecular formula is C15H10N2O7. The Hall–Kier alpha value is -3.75. The lowest BCUT2D eigenvalue weighted by molar-refractivity contribution is -0.386. The van der Waals surface area contributed by atoms with Crippen molar-refractivity contribution in [1.82, 2.24) is 0 Å². The fraction of sp³-hybridized carbons (Fsp3) is 0. The highest BCUT2D eigenvalue weighted by Crippen LogP contribution is 2.36. The number of allylic oxidation sites excluding steroid dienone is 1. The second-order valence-corrected chi connectivity index (χ2v) is 4.67. The molecule has 0 amide bonds. The number of nitro benzene ring substituents is 2. The van der Waals surface area contributed by atoms with Crippen LogP contribution in [0.15, 0.2) is 42.5 Å². The lowest BCUT2D eigenvalue weighted by Gasteiger charge is -2.01. The van der Waals surface area contributed by atoms with Crippen molar-refractivity contribution in [3.8, 4) is 11.5 Å². The summed E-state index contributed by atoms with van der Waals surface area (Å²) in [4.78, 5) is 31.8. The van der Waals surface area contributed by atoms with Gasteiger partial charge < -0.3 is 10.2 Å². The van der Waals surface area contributed by atoms with Crippen LogP contribution >= 0.6 is 0 Å². The van der Waals surface area contributed by atoms with Gasteiger partial charge >= 0.3 is 5.69 Å². The van der Waals surface area contributed by atoms with Crippen molar-refractivity contribution >= 4 is 23.2 Å². The van der Waals surface area contributed by atoms with Gasteiger partial charge in [-0.25, -0.2) is 0 Å². The number of carbonyl (C=O) groups excluding carboxylic acids is 1. The van der Waals surface area contributed by atoms with Crippen LogP contribution in [0.1, 0.15) is 15.9 Å². The van der Waals surface area contributed by atoms with Gasteiger partial charge in [0, 0.05) is 23.8 Å². The van der Waals surface area contributed by atoms with Gasteiger partial charge in [0.15, 0.2) is 11.5 Å². The fourth-order valence-electron chi connectivity index (χ4n) is 1.88. The molecule has 0 atom stereocenters. The lowest BCUT2D eigenvalue weighted by atomic mass is 10.1. The van der Waals surface area contributed by atoms with Gasteiger partial charge in [-0.05, 0) is 29.8 Å². The zero-order chi connectivity index (χ0) is 17.9. The Labute approximate surface area is 134 Å². The van der Waals surface area contributed by atoms with Crippen molar-refractivity contribution in [2.45, 2.75) is 0 Å². The summed E-state index contributed by atoms with van der Waals surface area (Å²) in [5.74, 6) is -2.04. The van der Waals surface area contributed by atoms with Gasteiger partial charge in [-0.2, -0.15) is 0 Å². The molecule has 2 aromatic carbocycles. The fourth-order valence-corrected chi connectivity index (χ4v) is 1.88. The molecule has 24 heavy (non-hydrogen) atoms. The second-order valence-electron chi connectivity index (χ2n) is 4.67. The number of ketones is 1. The minimum atomic E-state index is -0.870. The number of phenols is 2. The summed E-state index contributed by atoms with van der Waals surface area (Å²) in [6.07, 6.45) is 2.31. The maximum atomic E-state index is 12.0. The molecule has 0 saturated carbocycles. The first kappa shape index (κ1) is 16.6. The van der Waals surface area contributed by atoms with Gasteiger partial charge in [0.25, 0.3) is 5.69 Å². The number of phenolic OH excluding ortho intramolecular Hbond substituents is 2. The number of nitrogens with zero attached hydrogens (tertiary/aromatic N) is 2. The number of benzene rings is 2. The summed E-state index contributed by atoms with van der Waals surface area (Å²) >= 11 is 0. The van der Waals surface area contributed by atoms with Gasteiger partial charge in [0.2, 0.25) is 5.75 Å². The van der Waals surface area contributed by atoms with Crippen LogP contribution in [0.5, 0.6) is 11.5 Å². The minimum absolute atomic E-state index is 0.132. The van der Waals surface area contributed by atoms with E-state index in [4.69, 9.17) is 0 Å². The van der Waals surface area contributed by atoms with E-state index in [0.29, 0.717) is 0 Å². The third-order valence-electron chi connectivity index (χ3n) is 3.08. The van der Waals surface area contributed by atoms with Crippen molar-refractivity contribution in [1.29, 1.82) is 0 Å². The van der Waals surface area contributed by atoms with E-state index < -0.39 is 32.8 Å². The molecule has 9 nitrogen and oxygen atoms in total. The standard InChI is InChI=1S/C15H10N2O7/c18-13(10-2-4-11(5-3-10)16(21)22)6-1-9-7-12(17(23)24)15(20)14(19)8-9/h1-8,19-20H. The van der Waals surface area contributed by atoms with Crippen LogP contribution in [-0.4, -0.2) is 25.8 Å². The highest BCUT2D eigenvalue weighted by Gasteiger charge is 2.18. The maximum Gasteiger partial charge on any atom is 0.315 e. The highest BCUT2D eigenvalue weighted by molar-refractivity contribution is 6.07. The Bertz CT molecular complexity index is 857. The molecule has 2 N–H and O–H groups in total. The minimum Gasteiger partial charge on any atom is -0.504 e. The van der Waals surface area contributed by atoms with Crippen LogP contribution in [-0.2, 0) is 0 Å². The molecule has 0 aliphatic carbocycles. The Morgan fingerprint density at radius 2 is 1.62 bits per heavy atom. The number of rotatable bonds is 5. The summed E-state index contributed by atoms with van der Waals surface area (Å²) in [5.41, 5.74) is -0.534. The lowest BCUT2D eigenvalue weighted by Crippen LogP contribution is -1.95. The van der Waals surface area contributed by atoms with Gasteiger partial charge in [-0.1, -0.05) is 6.08 Å². The van der Waals surface area contributed by atoms with Gasteiger partial charge in [-0.3, -0.25) is 25.0 Å². The van der Waals surface area contributed by atoms with Crippen LogP contribution in [0.3, 0.4) is 0 Å². The van der Waals surface area contributed by atoms with Crippen molar-refractivity contribution in [3.63, 3.8) is 0 Å².